The average Bonchev–Trinajstić information content (AvgIpc) is 2.74. The molecule has 0 radical (unpaired) electrons. The minimum Gasteiger partial charge on any atom is -0.387 e. The van der Waals surface area contributed by atoms with E-state index >= 15 is 0 Å². The molecule has 82 valence electrons. The quantitative estimate of drug-likeness (QED) is 0.811. The maximum atomic E-state index is 10.1. The molecule has 1 heterocycles. The summed E-state index contributed by atoms with van der Waals surface area (Å²) < 4.78 is 0. The number of hydrogen-bond donors (Lipinski definition) is 2. The van der Waals surface area contributed by atoms with Crippen LogP contribution in [0.5, 0.6) is 0 Å². The number of rotatable bonds is 2. The van der Waals surface area contributed by atoms with Gasteiger partial charge in [-0.3, -0.25) is 0 Å². The molecule has 2 rings (SSSR count). The molecule has 0 spiro atoms. The van der Waals surface area contributed by atoms with Crippen LogP contribution in [0.3, 0.4) is 0 Å². The van der Waals surface area contributed by atoms with Gasteiger partial charge in [0.05, 0.1) is 6.10 Å². The molecule has 0 aromatic heterocycles. The lowest BCUT2D eigenvalue weighted by Gasteiger charge is -2.19. The molecule has 2 nitrogen and oxygen atoms in total. The number of aryl methyl sites for hydroxylation is 1. The minimum atomic E-state index is -0.413. The first-order valence-corrected chi connectivity index (χ1v) is 5.74. The van der Waals surface area contributed by atoms with E-state index < -0.39 is 6.10 Å². The molecule has 1 aromatic carbocycles. The summed E-state index contributed by atoms with van der Waals surface area (Å²) in [6.45, 7) is 2.97. The van der Waals surface area contributed by atoms with Gasteiger partial charge in [-0.25, -0.2) is 0 Å². The maximum Gasteiger partial charge on any atom is 0.0943 e. The SMILES string of the molecule is Cc1cc(C(O)C2CCCN2)ccc1Cl. The minimum absolute atomic E-state index is 0.200. The number of hydrogen-bond acceptors (Lipinski definition) is 2. The van der Waals surface area contributed by atoms with Crippen molar-refractivity contribution in [3.05, 3.63) is 34.3 Å². The van der Waals surface area contributed by atoms with Gasteiger partial charge in [0.2, 0.25) is 0 Å². The number of halogens is 1. The van der Waals surface area contributed by atoms with Crippen LogP contribution in [-0.4, -0.2) is 17.7 Å². The molecule has 2 atom stereocenters. The third-order valence-electron chi connectivity index (χ3n) is 3.00. The van der Waals surface area contributed by atoms with E-state index in [-0.39, 0.29) is 6.04 Å². The lowest BCUT2D eigenvalue weighted by Crippen LogP contribution is -2.28. The Balaban J connectivity index is 2.17. The summed E-state index contributed by atoms with van der Waals surface area (Å²) in [6.07, 6.45) is 1.78. The summed E-state index contributed by atoms with van der Waals surface area (Å²) in [5.41, 5.74) is 1.97. The zero-order valence-corrected chi connectivity index (χ0v) is 9.59. The van der Waals surface area contributed by atoms with E-state index in [1.807, 2.05) is 25.1 Å². The summed E-state index contributed by atoms with van der Waals surface area (Å²) >= 11 is 5.95. The first kappa shape index (κ1) is 10.9. The van der Waals surface area contributed by atoms with Gasteiger partial charge < -0.3 is 10.4 Å². The van der Waals surface area contributed by atoms with Gasteiger partial charge in [0, 0.05) is 11.1 Å². The number of aliphatic hydroxyl groups is 1. The van der Waals surface area contributed by atoms with Gasteiger partial charge in [-0.2, -0.15) is 0 Å². The molecule has 1 saturated heterocycles. The van der Waals surface area contributed by atoms with Gasteiger partial charge in [-0.1, -0.05) is 23.7 Å². The Morgan fingerprint density at radius 1 is 1.53 bits per heavy atom. The van der Waals surface area contributed by atoms with Gasteiger partial charge >= 0.3 is 0 Å². The van der Waals surface area contributed by atoms with Crippen LogP contribution in [0, 0.1) is 6.92 Å². The van der Waals surface area contributed by atoms with Crippen LogP contribution in [0.4, 0.5) is 0 Å². The van der Waals surface area contributed by atoms with Crippen molar-refractivity contribution < 1.29 is 5.11 Å². The molecule has 0 saturated carbocycles. The molecule has 1 fully saturated rings. The smallest absolute Gasteiger partial charge is 0.0943 e. The lowest BCUT2D eigenvalue weighted by atomic mass is 9.99. The Hall–Kier alpha value is -0.570. The van der Waals surface area contributed by atoms with Crippen molar-refractivity contribution in [2.45, 2.75) is 31.9 Å². The fourth-order valence-corrected chi connectivity index (χ4v) is 2.18. The van der Waals surface area contributed by atoms with Gasteiger partial charge in [0.1, 0.15) is 0 Å². The molecule has 0 aliphatic carbocycles. The number of aliphatic hydroxyl groups excluding tert-OH is 1. The van der Waals surface area contributed by atoms with E-state index in [1.165, 1.54) is 0 Å². The maximum absolute atomic E-state index is 10.1. The van der Waals surface area contributed by atoms with E-state index in [0.717, 1.165) is 35.5 Å². The van der Waals surface area contributed by atoms with Crippen LogP contribution in [-0.2, 0) is 0 Å². The first-order valence-electron chi connectivity index (χ1n) is 5.36. The van der Waals surface area contributed by atoms with Crippen LogP contribution in [0.1, 0.15) is 30.1 Å². The van der Waals surface area contributed by atoms with Crippen LogP contribution in [0.15, 0.2) is 18.2 Å². The Morgan fingerprint density at radius 2 is 2.33 bits per heavy atom. The van der Waals surface area contributed by atoms with E-state index in [9.17, 15) is 5.11 Å². The van der Waals surface area contributed by atoms with Crippen molar-refractivity contribution in [1.82, 2.24) is 5.32 Å². The van der Waals surface area contributed by atoms with Gasteiger partial charge in [0.15, 0.2) is 0 Å². The molecule has 1 aromatic rings. The fourth-order valence-electron chi connectivity index (χ4n) is 2.07. The van der Waals surface area contributed by atoms with Crippen LogP contribution >= 0.6 is 11.6 Å². The van der Waals surface area contributed by atoms with Gasteiger partial charge in [-0.15, -0.1) is 0 Å². The van der Waals surface area contributed by atoms with Crippen molar-refractivity contribution in [2.75, 3.05) is 6.54 Å². The van der Waals surface area contributed by atoms with Crippen LogP contribution < -0.4 is 5.32 Å². The number of benzene rings is 1. The fraction of sp³-hybridized carbons (Fsp3) is 0.500. The second-order valence-electron chi connectivity index (χ2n) is 4.16. The molecule has 1 aliphatic rings. The Labute approximate surface area is 95.3 Å². The van der Waals surface area contributed by atoms with E-state index in [4.69, 9.17) is 11.6 Å². The van der Waals surface area contributed by atoms with Gasteiger partial charge in [0.25, 0.3) is 0 Å². The van der Waals surface area contributed by atoms with Crippen molar-refractivity contribution in [3.63, 3.8) is 0 Å². The molecule has 3 heteroatoms. The second-order valence-corrected chi connectivity index (χ2v) is 4.56. The second kappa shape index (κ2) is 4.52. The molecule has 0 bridgehead atoms. The number of nitrogens with one attached hydrogen (secondary N) is 1. The largest absolute Gasteiger partial charge is 0.387 e. The molecule has 2 unspecified atom stereocenters. The third kappa shape index (κ3) is 2.33. The highest BCUT2D eigenvalue weighted by atomic mass is 35.5. The monoisotopic (exact) mass is 225 g/mol. The summed E-state index contributed by atoms with van der Waals surface area (Å²) in [5, 5.41) is 14.2. The van der Waals surface area contributed by atoms with Crippen LogP contribution in [0.25, 0.3) is 0 Å². The van der Waals surface area contributed by atoms with Crippen LogP contribution in [0.2, 0.25) is 5.02 Å². The van der Waals surface area contributed by atoms with E-state index in [0.29, 0.717) is 0 Å². The zero-order chi connectivity index (χ0) is 10.8. The average molecular weight is 226 g/mol. The van der Waals surface area contributed by atoms with E-state index in [1.54, 1.807) is 0 Å². The summed E-state index contributed by atoms with van der Waals surface area (Å²) in [7, 11) is 0. The molecular formula is C12H16ClNO. The van der Waals surface area contributed by atoms with Crippen molar-refractivity contribution >= 4 is 11.6 Å². The summed E-state index contributed by atoms with van der Waals surface area (Å²) in [5.74, 6) is 0. The standard InChI is InChI=1S/C12H16ClNO/c1-8-7-9(4-5-10(8)13)12(15)11-3-2-6-14-11/h4-5,7,11-12,14-15H,2-3,6H2,1H3. The first-order chi connectivity index (χ1) is 7.18. The Kier molecular flexibility index (Phi) is 3.29. The van der Waals surface area contributed by atoms with Gasteiger partial charge in [-0.05, 0) is 43.5 Å². The normalized spacial score (nSPS) is 23.0. The third-order valence-corrected chi connectivity index (χ3v) is 3.43. The molecule has 2 N–H and O–H groups in total. The summed E-state index contributed by atoms with van der Waals surface area (Å²) in [6, 6.07) is 5.92. The molecule has 15 heavy (non-hydrogen) atoms. The highest BCUT2D eigenvalue weighted by Gasteiger charge is 2.23. The highest BCUT2D eigenvalue weighted by molar-refractivity contribution is 6.31. The Morgan fingerprint density at radius 3 is 2.93 bits per heavy atom. The lowest BCUT2D eigenvalue weighted by molar-refractivity contribution is 0.137. The zero-order valence-electron chi connectivity index (χ0n) is 8.83. The predicted molar refractivity (Wildman–Crippen MR) is 62.2 cm³/mol. The van der Waals surface area contributed by atoms with Crippen molar-refractivity contribution in [3.8, 4) is 0 Å². The molecule has 0 amide bonds. The van der Waals surface area contributed by atoms with Crippen molar-refractivity contribution in [1.29, 1.82) is 0 Å². The van der Waals surface area contributed by atoms with E-state index in [2.05, 4.69) is 5.32 Å². The summed E-state index contributed by atoms with van der Waals surface area (Å²) in [4.78, 5) is 0. The molecule has 1 aliphatic heterocycles. The van der Waals surface area contributed by atoms with Crippen molar-refractivity contribution in [2.24, 2.45) is 0 Å². The Bertz CT molecular complexity index is 347. The molecular weight excluding hydrogens is 210 g/mol. The highest BCUT2D eigenvalue weighted by Crippen LogP contribution is 2.26. The topological polar surface area (TPSA) is 32.3 Å². The predicted octanol–water partition coefficient (Wildman–Crippen LogP) is 2.43.